The van der Waals surface area contributed by atoms with Gasteiger partial charge in [-0.3, -0.25) is 9.59 Å². The summed E-state index contributed by atoms with van der Waals surface area (Å²) < 4.78 is 26.3. The average Bonchev–Trinajstić information content (AvgIpc) is 2.94. The van der Waals surface area contributed by atoms with Crippen molar-refractivity contribution in [2.75, 3.05) is 10.6 Å². The summed E-state index contributed by atoms with van der Waals surface area (Å²) in [6, 6.07) is 27.0. The van der Waals surface area contributed by atoms with Gasteiger partial charge in [0.25, 0.3) is 0 Å². The molecule has 0 saturated carbocycles. The molecule has 39 heavy (non-hydrogen) atoms. The van der Waals surface area contributed by atoms with Crippen LogP contribution in [0.15, 0.2) is 120 Å². The first-order chi connectivity index (χ1) is 18.8. The van der Waals surface area contributed by atoms with Gasteiger partial charge >= 0.3 is 0 Å². The van der Waals surface area contributed by atoms with Crippen molar-refractivity contribution < 1.29 is 18.0 Å². The Hall–Kier alpha value is -4.75. The standard InChI is InChI=1S/C32H28N2O4S/c1-3-23-9-5-7-11-25(23)21-31(35)33-27-13-17-29(18-14-27)39(37,38)30-19-15-28(16-20-30)34-32(36)22-26-12-8-6-10-24(26)4-2/h3-20H,1-2,21-22H2,(H,33,35)(H,34,36). The number of benzene rings is 4. The fourth-order valence-electron chi connectivity index (χ4n) is 4.12. The Bertz CT molecular complexity index is 1510. The summed E-state index contributed by atoms with van der Waals surface area (Å²) in [5.41, 5.74) is 4.46. The van der Waals surface area contributed by atoms with Crippen LogP contribution in [0.2, 0.25) is 0 Å². The third-order valence-corrected chi connectivity index (χ3v) is 7.93. The Labute approximate surface area is 228 Å². The van der Waals surface area contributed by atoms with Crippen molar-refractivity contribution in [2.45, 2.75) is 22.6 Å². The molecule has 0 fully saturated rings. The topological polar surface area (TPSA) is 92.3 Å². The molecule has 0 spiro atoms. The number of carbonyl (C=O) groups is 2. The monoisotopic (exact) mass is 536 g/mol. The molecule has 0 saturated heterocycles. The van der Waals surface area contributed by atoms with Crippen LogP contribution in [0.5, 0.6) is 0 Å². The third-order valence-electron chi connectivity index (χ3n) is 6.15. The van der Waals surface area contributed by atoms with Crippen molar-refractivity contribution in [1.82, 2.24) is 0 Å². The summed E-state index contributed by atoms with van der Waals surface area (Å²) in [5.74, 6) is -0.434. The molecule has 196 valence electrons. The van der Waals surface area contributed by atoms with Gasteiger partial charge in [0.2, 0.25) is 21.7 Å². The maximum atomic E-state index is 13.1. The third kappa shape index (κ3) is 6.77. The molecular weight excluding hydrogens is 508 g/mol. The van der Waals surface area contributed by atoms with Gasteiger partial charge in [0.1, 0.15) is 0 Å². The highest BCUT2D eigenvalue weighted by molar-refractivity contribution is 7.91. The van der Waals surface area contributed by atoms with Crippen LogP contribution < -0.4 is 10.6 Å². The van der Waals surface area contributed by atoms with Gasteiger partial charge in [0, 0.05) is 11.4 Å². The van der Waals surface area contributed by atoms with Gasteiger partial charge in [-0.2, -0.15) is 0 Å². The van der Waals surface area contributed by atoms with E-state index in [1.165, 1.54) is 24.3 Å². The molecule has 4 aromatic rings. The Morgan fingerprint density at radius 3 is 1.31 bits per heavy atom. The number of carbonyl (C=O) groups excluding carboxylic acids is 2. The van der Waals surface area contributed by atoms with Gasteiger partial charge in [-0.1, -0.05) is 73.8 Å². The van der Waals surface area contributed by atoms with Crippen LogP contribution >= 0.6 is 0 Å². The van der Waals surface area contributed by atoms with Crippen molar-refractivity contribution in [3.05, 3.63) is 132 Å². The normalized spacial score (nSPS) is 10.9. The highest BCUT2D eigenvalue weighted by Crippen LogP contribution is 2.24. The molecule has 6 nitrogen and oxygen atoms in total. The Morgan fingerprint density at radius 2 is 0.949 bits per heavy atom. The fraction of sp³-hybridized carbons (Fsp3) is 0.0625. The SMILES string of the molecule is C=Cc1ccccc1CC(=O)Nc1ccc(S(=O)(=O)c2ccc(NC(=O)Cc3ccccc3C=C)cc2)cc1. The van der Waals surface area contributed by atoms with E-state index in [-0.39, 0.29) is 34.4 Å². The molecule has 0 aliphatic heterocycles. The van der Waals surface area contributed by atoms with Crippen LogP contribution in [0.1, 0.15) is 22.3 Å². The maximum absolute atomic E-state index is 13.1. The molecule has 0 aliphatic carbocycles. The molecule has 4 aromatic carbocycles. The number of sulfone groups is 1. The second-order valence-electron chi connectivity index (χ2n) is 8.81. The molecule has 7 heteroatoms. The lowest BCUT2D eigenvalue weighted by atomic mass is 10.0. The number of hydrogen-bond acceptors (Lipinski definition) is 4. The van der Waals surface area contributed by atoms with Gasteiger partial charge in [-0.05, 0) is 70.8 Å². The number of rotatable bonds is 10. The Balaban J connectivity index is 1.39. The highest BCUT2D eigenvalue weighted by atomic mass is 32.2. The lowest BCUT2D eigenvalue weighted by molar-refractivity contribution is -0.116. The summed E-state index contributed by atoms with van der Waals surface area (Å²) in [7, 11) is -3.79. The van der Waals surface area contributed by atoms with E-state index in [4.69, 9.17) is 0 Å². The number of hydrogen-bond donors (Lipinski definition) is 2. The highest BCUT2D eigenvalue weighted by Gasteiger charge is 2.18. The quantitative estimate of drug-likeness (QED) is 0.254. The largest absolute Gasteiger partial charge is 0.326 e. The molecule has 2 amide bonds. The van der Waals surface area contributed by atoms with Crippen LogP contribution in [0, 0.1) is 0 Å². The van der Waals surface area contributed by atoms with Crippen molar-refractivity contribution in [3.63, 3.8) is 0 Å². The van der Waals surface area contributed by atoms with Crippen LogP contribution in [0.3, 0.4) is 0 Å². The fourth-order valence-corrected chi connectivity index (χ4v) is 5.38. The van der Waals surface area contributed by atoms with Crippen molar-refractivity contribution in [1.29, 1.82) is 0 Å². The molecule has 0 heterocycles. The van der Waals surface area contributed by atoms with E-state index in [0.717, 1.165) is 22.3 Å². The van der Waals surface area contributed by atoms with Crippen molar-refractivity contribution >= 4 is 45.2 Å². The van der Waals surface area contributed by atoms with E-state index in [2.05, 4.69) is 23.8 Å². The predicted molar refractivity (Wildman–Crippen MR) is 156 cm³/mol. The lowest BCUT2D eigenvalue weighted by Crippen LogP contribution is -2.15. The zero-order valence-corrected chi connectivity index (χ0v) is 22.1. The van der Waals surface area contributed by atoms with E-state index in [0.29, 0.717) is 11.4 Å². The molecule has 0 unspecified atom stereocenters. The molecule has 0 aromatic heterocycles. The van der Waals surface area contributed by atoms with E-state index in [1.807, 2.05) is 48.5 Å². The zero-order chi connectivity index (χ0) is 27.8. The first kappa shape index (κ1) is 27.3. The summed E-state index contributed by atoms with van der Waals surface area (Å²) in [6.45, 7) is 7.54. The summed E-state index contributed by atoms with van der Waals surface area (Å²) in [6.07, 6.45) is 3.75. The molecule has 0 aliphatic rings. The predicted octanol–water partition coefficient (Wildman–Crippen LogP) is 6.17. The van der Waals surface area contributed by atoms with Gasteiger partial charge in [0.15, 0.2) is 0 Å². The van der Waals surface area contributed by atoms with Gasteiger partial charge in [0.05, 0.1) is 22.6 Å². The van der Waals surface area contributed by atoms with Crippen LogP contribution in [-0.4, -0.2) is 20.2 Å². The minimum atomic E-state index is -3.79. The van der Waals surface area contributed by atoms with Crippen molar-refractivity contribution in [2.24, 2.45) is 0 Å². The molecule has 4 rings (SSSR count). The minimum Gasteiger partial charge on any atom is -0.326 e. The zero-order valence-electron chi connectivity index (χ0n) is 21.3. The van der Waals surface area contributed by atoms with Gasteiger partial charge in [-0.25, -0.2) is 8.42 Å². The van der Waals surface area contributed by atoms with E-state index in [1.54, 1.807) is 36.4 Å². The van der Waals surface area contributed by atoms with E-state index < -0.39 is 9.84 Å². The maximum Gasteiger partial charge on any atom is 0.228 e. The van der Waals surface area contributed by atoms with Crippen LogP contribution in [0.4, 0.5) is 11.4 Å². The molecular formula is C32H28N2O4S. The number of nitrogens with one attached hydrogen (secondary N) is 2. The second kappa shape index (κ2) is 12.2. The van der Waals surface area contributed by atoms with Gasteiger partial charge < -0.3 is 10.6 Å². The first-order valence-electron chi connectivity index (χ1n) is 12.3. The Kier molecular flexibility index (Phi) is 8.53. The van der Waals surface area contributed by atoms with Crippen LogP contribution in [-0.2, 0) is 32.3 Å². The summed E-state index contributed by atoms with van der Waals surface area (Å²) in [5, 5.41) is 5.59. The van der Waals surface area contributed by atoms with Gasteiger partial charge in [-0.15, -0.1) is 0 Å². The van der Waals surface area contributed by atoms with E-state index >= 15 is 0 Å². The summed E-state index contributed by atoms with van der Waals surface area (Å²) in [4.78, 5) is 25.2. The Morgan fingerprint density at radius 1 is 0.590 bits per heavy atom. The van der Waals surface area contributed by atoms with E-state index in [9.17, 15) is 18.0 Å². The number of amides is 2. The molecule has 0 radical (unpaired) electrons. The smallest absolute Gasteiger partial charge is 0.228 e. The molecule has 2 N–H and O–H groups in total. The average molecular weight is 537 g/mol. The lowest BCUT2D eigenvalue weighted by Gasteiger charge is -2.10. The molecule has 0 atom stereocenters. The van der Waals surface area contributed by atoms with Crippen LogP contribution in [0.25, 0.3) is 12.2 Å². The first-order valence-corrected chi connectivity index (χ1v) is 13.7. The number of anilines is 2. The second-order valence-corrected chi connectivity index (χ2v) is 10.8. The minimum absolute atomic E-state index is 0.0929. The van der Waals surface area contributed by atoms with Crippen molar-refractivity contribution in [3.8, 4) is 0 Å². The summed E-state index contributed by atoms with van der Waals surface area (Å²) >= 11 is 0. The molecule has 0 bridgehead atoms.